The third-order valence-corrected chi connectivity index (χ3v) is 10.4. The van der Waals surface area contributed by atoms with Gasteiger partial charge in [-0.25, -0.2) is 0 Å². The van der Waals surface area contributed by atoms with E-state index in [0.29, 0.717) is 0 Å². The minimum absolute atomic E-state index is 0.0992. The summed E-state index contributed by atoms with van der Waals surface area (Å²) in [6, 6.07) is 55.1. The normalized spacial score (nSPS) is 13.5. The van der Waals surface area contributed by atoms with E-state index in [2.05, 4.69) is 158 Å². The van der Waals surface area contributed by atoms with E-state index in [-0.39, 0.29) is 5.41 Å². The molecular weight excluding hydrogens is 571 g/mol. The van der Waals surface area contributed by atoms with Crippen molar-refractivity contribution in [1.29, 1.82) is 0 Å². The largest absolute Gasteiger partial charge is 0.456 e. The molecule has 0 spiro atoms. The van der Waals surface area contributed by atoms with Gasteiger partial charge in [-0.05, 0) is 97.0 Å². The minimum atomic E-state index is -0.0992. The molecule has 9 aromatic rings. The Balaban J connectivity index is 1.25. The van der Waals surface area contributed by atoms with Gasteiger partial charge in [0.25, 0.3) is 0 Å². The van der Waals surface area contributed by atoms with Crippen LogP contribution in [0.15, 0.2) is 156 Å². The Morgan fingerprint density at radius 2 is 1.17 bits per heavy atom. The molecule has 8 aromatic carbocycles. The molecule has 0 bridgehead atoms. The second-order valence-electron chi connectivity index (χ2n) is 13.3. The standard InChI is InChI=1S/C45H31NO/c1-45(2)37-15-8-6-13-34(37)35-25-23-29-20-19-28-21-22-30-27-32(24-26-33(30)41(28)42(29)44(35)45)46(31-11-4-3-5-12-31)38-16-10-18-40-43(38)36-14-7-9-17-39(36)47-40/h3-27H,1-2H3. The molecule has 1 aliphatic carbocycles. The van der Waals surface area contributed by atoms with Crippen LogP contribution in [-0.2, 0) is 5.41 Å². The van der Waals surface area contributed by atoms with Gasteiger partial charge in [-0.1, -0.05) is 123 Å². The summed E-state index contributed by atoms with van der Waals surface area (Å²) in [5.74, 6) is 0. The molecule has 0 fully saturated rings. The summed E-state index contributed by atoms with van der Waals surface area (Å²) in [4.78, 5) is 2.37. The Morgan fingerprint density at radius 1 is 0.468 bits per heavy atom. The molecule has 1 aromatic heterocycles. The van der Waals surface area contributed by atoms with E-state index in [9.17, 15) is 0 Å². The molecule has 1 heterocycles. The number of hydrogen-bond donors (Lipinski definition) is 0. The van der Waals surface area contributed by atoms with Gasteiger partial charge in [0, 0.05) is 22.2 Å². The lowest BCUT2D eigenvalue weighted by molar-refractivity contribution is 0.666. The predicted octanol–water partition coefficient (Wildman–Crippen LogP) is 12.8. The lowest BCUT2D eigenvalue weighted by atomic mass is 9.79. The monoisotopic (exact) mass is 601 g/mol. The summed E-state index contributed by atoms with van der Waals surface area (Å²) in [5, 5.41) is 10.00. The minimum Gasteiger partial charge on any atom is -0.456 e. The van der Waals surface area contributed by atoms with Crippen LogP contribution in [0.1, 0.15) is 25.0 Å². The number of fused-ring (bicyclic) bond motifs is 12. The maximum atomic E-state index is 6.32. The van der Waals surface area contributed by atoms with E-state index in [0.717, 1.165) is 39.0 Å². The van der Waals surface area contributed by atoms with Gasteiger partial charge in [-0.15, -0.1) is 0 Å². The van der Waals surface area contributed by atoms with Crippen LogP contribution in [0.5, 0.6) is 0 Å². The highest BCUT2D eigenvalue weighted by molar-refractivity contribution is 6.23. The van der Waals surface area contributed by atoms with E-state index in [4.69, 9.17) is 4.42 Å². The third-order valence-electron chi connectivity index (χ3n) is 10.4. The first-order valence-electron chi connectivity index (χ1n) is 16.4. The molecule has 47 heavy (non-hydrogen) atoms. The summed E-state index contributed by atoms with van der Waals surface area (Å²) in [5.41, 5.74) is 10.6. The molecule has 2 nitrogen and oxygen atoms in total. The maximum Gasteiger partial charge on any atom is 0.137 e. The van der Waals surface area contributed by atoms with Gasteiger partial charge in [0.05, 0.1) is 11.1 Å². The number of hydrogen-bond acceptors (Lipinski definition) is 2. The van der Waals surface area contributed by atoms with Crippen LogP contribution >= 0.6 is 0 Å². The highest BCUT2D eigenvalue weighted by Gasteiger charge is 2.37. The van der Waals surface area contributed by atoms with Crippen molar-refractivity contribution in [3.63, 3.8) is 0 Å². The quantitative estimate of drug-likeness (QED) is 0.187. The zero-order valence-corrected chi connectivity index (χ0v) is 26.3. The Morgan fingerprint density at radius 3 is 2.04 bits per heavy atom. The molecule has 0 saturated heterocycles. The first-order valence-corrected chi connectivity index (χ1v) is 16.4. The highest BCUT2D eigenvalue weighted by Crippen LogP contribution is 2.53. The van der Waals surface area contributed by atoms with Crippen molar-refractivity contribution in [3.8, 4) is 11.1 Å². The SMILES string of the molecule is CC1(C)c2ccccc2-c2ccc3ccc4ccc5cc(N(c6ccccc6)c6cccc7oc8ccccc8c67)ccc5c4c3c21. The lowest BCUT2D eigenvalue weighted by Crippen LogP contribution is -2.15. The molecule has 0 unspecified atom stereocenters. The highest BCUT2D eigenvalue weighted by atomic mass is 16.3. The van der Waals surface area contributed by atoms with Gasteiger partial charge < -0.3 is 9.32 Å². The fraction of sp³-hybridized carbons (Fsp3) is 0.0667. The van der Waals surface area contributed by atoms with Crippen LogP contribution in [0.3, 0.4) is 0 Å². The van der Waals surface area contributed by atoms with Crippen molar-refractivity contribution >= 4 is 71.3 Å². The van der Waals surface area contributed by atoms with Gasteiger partial charge in [-0.3, -0.25) is 0 Å². The van der Waals surface area contributed by atoms with Crippen LogP contribution in [0.25, 0.3) is 65.4 Å². The van der Waals surface area contributed by atoms with E-state index >= 15 is 0 Å². The van der Waals surface area contributed by atoms with Crippen molar-refractivity contribution in [2.24, 2.45) is 0 Å². The van der Waals surface area contributed by atoms with Crippen molar-refractivity contribution < 1.29 is 4.42 Å². The van der Waals surface area contributed by atoms with Crippen molar-refractivity contribution in [2.45, 2.75) is 19.3 Å². The molecule has 0 amide bonds. The number of anilines is 3. The number of nitrogens with zero attached hydrogens (tertiary/aromatic N) is 1. The smallest absolute Gasteiger partial charge is 0.137 e. The van der Waals surface area contributed by atoms with Gasteiger partial charge in [0.1, 0.15) is 11.2 Å². The van der Waals surface area contributed by atoms with E-state index in [1.54, 1.807) is 0 Å². The zero-order chi connectivity index (χ0) is 31.3. The van der Waals surface area contributed by atoms with Crippen LogP contribution in [0.4, 0.5) is 17.1 Å². The molecule has 0 atom stereocenters. The molecule has 10 rings (SSSR count). The van der Waals surface area contributed by atoms with E-state index < -0.39 is 0 Å². The van der Waals surface area contributed by atoms with Crippen LogP contribution in [0.2, 0.25) is 0 Å². The number of para-hydroxylation sites is 2. The summed E-state index contributed by atoms with van der Waals surface area (Å²) in [7, 11) is 0. The average molecular weight is 602 g/mol. The first kappa shape index (κ1) is 26.4. The molecule has 0 saturated carbocycles. The first-order chi connectivity index (χ1) is 23.1. The molecular formula is C45H31NO. The molecule has 1 aliphatic rings. The van der Waals surface area contributed by atoms with Gasteiger partial charge >= 0.3 is 0 Å². The lowest BCUT2D eigenvalue weighted by Gasteiger charge is -2.27. The summed E-state index contributed by atoms with van der Waals surface area (Å²) >= 11 is 0. The van der Waals surface area contributed by atoms with E-state index in [1.807, 2.05) is 12.1 Å². The van der Waals surface area contributed by atoms with E-state index in [1.165, 1.54) is 54.6 Å². The average Bonchev–Trinajstić information content (AvgIpc) is 3.61. The van der Waals surface area contributed by atoms with Crippen LogP contribution in [-0.4, -0.2) is 0 Å². The van der Waals surface area contributed by atoms with Crippen molar-refractivity contribution in [3.05, 3.63) is 163 Å². The Labute approximate surface area is 273 Å². The number of benzene rings is 8. The number of rotatable bonds is 3. The van der Waals surface area contributed by atoms with Gasteiger partial charge in [0.2, 0.25) is 0 Å². The Bertz CT molecular complexity index is 2720. The molecule has 2 heteroatoms. The summed E-state index contributed by atoms with van der Waals surface area (Å²) in [6.07, 6.45) is 0. The third kappa shape index (κ3) is 3.67. The molecule has 0 radical (unpaired) electrons. The van der Waals surface area contributed by atoms with Crippen molar-refractivity contribution in [1.82, 2.24) is 0 Å². The second-order valence-corrected chi connectivity index (χ2v) is 13.3. The molecule has 222 valence electrons. The predicted molar refractivity (Wildman–Crippen MR) is 198 cm³/mol. The van der Waals surface area contributed by atoms with Crippen LogP contribution < -0.4 is 4.90 Å². The Hall–Kier alpha value is -5.86. The second kappa shape index (κ2) is 9.57. The van der Waals surface area contributed by atoms with Gasteiger partial charge in [0.15, 0.2) is 0 Å². The summed E-state index contributed by atoms with van der Waals surface area (Å²) < 4.78 is 6.32. The fourth-order valence-electron chi connectivity index (χ4n) is 8.32. The molecule has 0 aliphatic heterocycles. The van der Waals surface area contributed by atoms with Gasteiger partial charge in [-0.2, -0.15) is 0 Å². The summed E-state index contributed by atoms with van der Waals surface area (Å²) in [6.45, 7) is 4.77. The maximum absolute atomic E-state index is 6.32. The number of furan rings is 1. The fourth-order valence-corrected chi connectivity index (χ4v) is 8.32. The zero-order valence-electron chi connectivity index (χ0n) is 26.3. The Kier molecular flexibility index (Phi) is 5.37. The topological polar surface area (TPSA) is 16.4 Å². The van der Waals surface area contributed by atoms with Crippen molar-refractivity contribution in [2.75, 3.05) is 4.90 Å². The van der Waals surface area contributed by atoms with Crippen LogP contribution in [0, 0.1) is 0 Å². The molecule has 0 N–H and O–H groups in total.